The van der Waals surface area contributed by atoms with Crippen LogP contribution in [0.5, 0.6) is 0 Å². The highest BCUT2D eigenvalue weighted by atomic mass is 16.5. The molecule has 0 unspecified atom stereocenters. The van der Waals surface area contributed by atoms with E-state index in [1.165, 1.54) is 0 Å². The van der Waals surface area contributed by atoms with Gasteiger partial charge in [0.15, 0.2) is 0 Å². The molecule has 0 aliphatic rings. The molecule has 0 heterocycles. The van der Waals surface area contributed by atoms with Crippen LogP contribution >= 0.6 is 0 Å². The molecule has 20 heavy (non-hydrogen) atoms. The molecular weight excluding hydrogens is 256 g/mol. The van der Waals surface area contributed by atoms with Crippen molar-refractivity contribution in [1.82, 2.24) is 10.6 Å². The van der Waals surface area contributed by atoms with E-state index in [0.717, 1.165) is 16.7 Å². The number of ether oxygens (including phenoxy) is 1. The first-order valence-corrected chi connectivity index (χ1v) is 6.55. The van der Waals surface area contributed by atoms with Crippen molar-refractivity contribution in [1.29, 1.82) is 0 Å². The average Bonchev–Trinajstić information content (AvgIpc) is 2.44. The van der Waals surface area contributed by atoms with Crippen LogP contribution < -0.4 is 10.6 Å². The molecule has 0 saturated heterocycles. The summed E-state index contributed by atoms with van der Waals surface area (Å²) in [4.78, 5) is 11.6. The first-order chi connectivity index (χ1) is 9.63. The van der Waals surface area contributed by atoms with Crippen LogP contribution in [0.15, 0.2) is 36.4 Å². The number of amides is 2. The number of benzene rings is 1. The molecular formula is C15H22N2O3. The van der Waals surface area contributed by atoms with E-state index in [4.69, 9.17) is 4.74 Å². The van der Waals surface area contributed by atoms with Gasteiger partial charge in [-0.15, -0.1) is 0 Å². The highest BCUT2D eigenvalue weighted by Crippen LogP contribution is 2.07. The van der Waals surface area contributed by atoms with E-state index >= 15 is 0 Å². The zero-order valence-electron chi connectivity index (χ0n) is 11.8. The SMILES string of the molecule is C=C(C)COCCNC(=O)NCc1ccccc1CO. The standard InChI is InChI=1S/C15H22N2O3/c1-12(2)11-20-8-7-16-15(19)17-9-13-5-3-4-6-14(13)10-18/h3-6,18H,1,7-11H2,2H3,(H2,16,17,19). The molecule has 2 amide bonds. The minimum Gasteiger partial charge on any atom is -0.392 e. The molecule has 0 bridgehead atoms. The van der Waals surface area contributed by atoms with E-state index in [2.05, 4.69) is 17.2 Å². The van der Waals surface area contributed by atoms with Gasteiger partial charge in [0.25, 0.3) is 0 Å². The van der Waals surface area contributed by atoms with Gasteiger partial charge in [-0.3, -0.25) is 0 Å². The van der Waals surface area contributed by atoms with Gasteiger partial charge in [0, 0.05) is 13.1 Å². The Labute approximate surface area is 119 Å². The van der Waals surface area contributed by atoms with Crippen LogP contribution in [0.1, 0.15) is 18.1 Å². The van der Waals surface area contributed by atoms with E-state index in [1.54, 1.807) is 0 Å². The van der Waals surface area contributed by atoms with Crippen LogP contribution in [0.4, 0.5) is 4.79 Å². The van der Waals surface area contributed by atoms with Gasteiger partial charge in [-0.05, 0) is 18.1 Å². The van der Waals surface area contributed by atoms with Crippen LogP contribution in [-0.4, -0.2) is 30.9 Å². The number of urea groups is 1. The van der Waals surface area contributed by atoms with Gasteiger partial charge < -0.3 is 20.5 Å². The van der Waals surface area contributed by atoms with E-state index < -0.39 is 0 Å². The van der Waals surface area contributed by atoms with Crippen molar-refractivity contribution in [3.8, 4) is 0 Å². The van der Waals surface area contributed by atoms with Crippen molar-refractivity contribution in [3.63, 3.8) is 0 Å². The number of rotatable bonds is 8. The number of aliphatic hydroxyl groups excluding tert-OH is 1. The first-order valence-electron chi connectivity index (χ1n) is 6.55. The maximum Gasteiger partial charge on any atom is 0.315 e. The van der Waals surface area contributed by atoms with Crippen molar-refractivity contribution >= 4 is 6.03 Å². The van der Waals surface area contributed by atoms with Crippen LogP contribution in [-0.2, 0) is 17.9 Å². The molecule has 5 heteroatoms. The molecule has 0 aromatic heterocycles. The fraction of sp³-hybridized carbons (Fsp3) is 0.400. The monoisotopic (exact) mass is 278 g/mol. The summed E-state index contributed by atoms with van der Waals surface area (Å²) in [6.45, 7) is 7.36. The summed E-state index contributed by atoms with van der Waals surface area (Å²) in [6.07, 6.45) is 0. The quantitative estimate of drug-likeness (QED) is 0.499. The second kappa shape index (κ2) is 9.12. The lowest BCUT2D eigenvalue weighted by Gasteiger charge is -2.10. The summed E-state index contributed by atoms with van der Waals surface area (Å²) >= 11 is 0. The fourth-order valence-corrected chi connectivity index (χ4v) is 1.61. The van der Waals surface area contributed by atoms with Gasteiger partial charge in [0.2, 0.25) is 0 Å². The minimum absolute atomic E-state index is 0.0335. The van der Waals surface area contributed by atoms with Gasteiger partial charge >= 0.3 is 6.03 Å². The predicted octanol–water partition coefficient (Wildman–Crippen LogP) is 1.57. The number of aliphatic hydroxyl groups is 1. The van der Waals surface area contributed by atoms with E-state index in [1.807, 2.05) is 31.2 Å². The Balaban J connectivity index is 2.21. The van der Waals surface area contributed by atoms with Gasteiger partial charge in [0.1, 0.15) is 0 Å². The topological polar surface area (TPSA) is 70.6 Å². The zero-order chi connectivity index (χ0) is 14.8. The van der Waals surface area contributed by atoms with Gasteiger partial charge in [-0.1, -0.05) is 36.4 Å². The zero-order valence-corrected chi connectivity index (χ0v) is 11.8. The molecule has 0 spiro atoms. The lowest BCUT2D eigenvalue weighted by Crippen LogP contribution is -2.37. The Morgan fingerprint density at radius 3 is 2.65 bits per heavy atom. The van der Waals surface area contributed by atoms with Gasteiger partial charge in [-0.25, -0.2) is 4.79 Å². The second-order valence-corrected chi connectivity index (χ2v) is 4.55. The molecule has 0 radical (unpaired) electrons. The summed E-state index contributed by atoms with van der Waals surface area (Å²) in [7, 11) is 0. The van der Waals surface area contributed by atoms with E-state index in [0.29, 0.717) is 26.3 Å². The van der Waals surface area contributed by atoms with Crippen LogP contribution in [0.3, 0.4) is 0 Å². The Hall–Kier alpha value is -1.85. The number of hydrogen-bond acceptors (Lipinski definition) is 3. The summed E-state index contributed by atoms with van der Waals surface area (Å²) in [6, 6.07) is 7.19. The molecule has 1 rings (SSSR count). The third kappa shape index (κ3) is 6.36. The predicted molar refractivity (Wildman–Crippen MR) is 78.2 cm³/mol. The Morgan fingerprint density at radius 2 is 2.00 bits per heavy atom. The lowest BCUT2D eigenvalue weighted by molar-refractivity contribution is 0.158. The average molecular weight is 278 g/mol. The van der Waals surface area contributed by atoms with Crippen LogP contribution in [0.2, 0.25) is 0 Å². The van der Waals surface area contributed by atoms with Crippen molar-refractivity contribution in [2.24, 2.45) is 0 Å². The molecule has 110 valence electrons. The third-order valence-corrected chi connectivity index (χ3v) is 2.61. The second-order valence-electron chi connectivity index (χ2n) is 4.55. The van der Waals surface area contributed by atoms with E-state index in [-0.39, 0.29) is 12.6 Å². The summed E-state index contributed by atoms with van der Waals surface area (Å²) in [5.41, 5.74) is 2.68. The van der Waals surface area contributed by atoms with Crippen LogP contribution in [0, 0.1) is 0 Å². The number of carbonyl (C=O) groups is 1. The van der Waals surface area contributed by atoms with Crippen LogP contribution in [0.25, 0.3) is 0 Å². The first kappa shape index (κ1) is 16.2. The largest absolute Gasteiger partial charge is 0.392 e. The molecule has 0 atom stereocenters. The lowest BCUT2D eigenvalue weighted by atomic mass is 10.1. The van der Waals surface area contributed by atoms with Crippen molar-refractivity contribution in [2.45, 2.75) is 20.1 Å². The fourth-order valence-electron chi connectivity index (χ4n) is 1.61. The normalized spacial score (nSPS) is 10.1. The highest BCUT2D eigenvalue weighted by molar-refractivity contribution is 5.73. The number of nitrogens with one attached hydrogen (secondary N) is 2. The Kier molecular flexibility index (Phi) is 7.39. The number of carbonyl (C=O) groups excluding carboxylic acids is 1. The molecule has 1 aromatic rings. The molecule has 0 saturated carbocycles. The Bertz CT molecular complexity index is 446. The summed E-state index contributed by atoms with van der Waals surface area (Å²) < 4.78 is 5.27. The van der Waals surface area contributed by atoms with Gasteiger partial charge in [-0.2, -0.15) is 0 Å². The van der Waals surface area contributed by atoms with Gasteiger partial charge in [0.05, 0.1) is 19.8 Å². The molecule has 0 aliphatic heterocycles. The van der Waals surface area contributed by atoms with E-state index in [9.17, 15) is 9.90 Å². The third-order valence-electron chi connectivity index (χ3n) is 2.61. The molecule has 3 N–H and O–H groups in total. The van der Waals surface area contributed by atoms with Crippen molar-refractivity contribution in [2.75, 3.05) is 19.8 Å². The summed E-state index contributed by atoms with van der Waals surface area (Å²) in [5.74, 6) is 0. The number of hydrogen-bond donors (Lipinski definition) is 3. The van der Waals surface area contributed by atoms with Crippen molar-refractivity contribution < 1.29 is 14.6 Å². The Morgan fingerprint density at radius 1 is 1.30 bits per heavy atom. The molecule has 1 aromatic carbocycles. The highest BCUT2D eigenvalue weighted by Gasteiger charge is 2.03. The smallest absolute Gasteiger partial charge is 0.315 e. The maximum absolute atomic E-state index is 11.6. The minimum atomic E-state index is -0.253. The van der Waals surface area contributed by atoms with Crippen molar-refractivity contribution in [3.05, 3.63) is 47.5 Å². The molecule has 5 nitrogen and oxygen atoms in total. The molecule has 0 aliphatic carbocycles. The molecule has 0 fully saturated rings. The maximum atomic E-state index is 11.6. The summed E-state index contributed by atoms with van der Waals surface area (Å²) in [5, 5.41) is 14.6.